The summed E-state index contributed by atoms with van der Waals surface area (Å²) < 4.78 is 5.29. The van der Waals surface area contributed by atoms with Gasteiger partial charge in [0.05, 0.1) is 6.61 Å². The monoisotopic (exact) mass is 311 g/mol. The molecule has 5 heteroatoms. The Morgan fingerprint density at radius 2 is 2.10 bits per heavy atom. The number of ether oxygens (including phenoxy) is 1. The molecule has 4 nitrogen and oxygen atoms in total. The molecule has 116 valence electrons. The lowest BCUT2D eigenvalue weighted by Gasteiger charge is -2.28. The number of methoxy groups -OCH3 is 1. The van der Waals surface area contributed by atoms with Crippen LogP contribution in [0.1, 0.15) is 37.4 Å². The van der Waals surface area contributed by atoms with E-state index >= 15 is 0 Å². The van der Waals surface area contributed by atoms with E-state index in [2.05, 4.69) is 5.32 Å². The number of halogens is 1. The molecule has 0 unspecified atom stereocenters. The van der Waals surface area contributed by atoms with Gasteiger partial charge in [0.15, 0.2) is 6.10 Å². The molecule has 0 aliphatic heterocycles. The van der Waals surface area contributed by atoms with Gasteiger partial charge in [-0.3, -0.25) is 4.79 Å². The van der Waals surface area contributed by atoms with Crippen LogP contribution in [0, 0.1) is 5.41 Å². The number of carbonyl (C=O) groups excluding carboxylic acids is 1. The van der Waals surface area contributed by atoms with E-state index in [0.717, 1.165) is 25.7 Å². The van der Waals surface area contributed by atoms with E-state index in [0.29, 0.717) is 23.7 Å². The molecule has 1 aromatic rings. The highest BCUT2D eigenvalue weighted by molar-refractivity contribution is 6.31. The fraction of sp³-hybridized carbons (Fsp3) is 0.562. The van der Waals surface area contributed by atoms with Gasteiger partial charge in [-0.05, 0) is 18.9 Å². The van der Waals surface area contributed by atoms with Crippen LogP contribution in [0.5, 0.6) is 0 Å². The summed E-state index contributed by atoms with van der Waals surface area (Å²) in [4.78, 5) is 12.1. The molecule has 1 amide bonds. The lowest BCUT2D eigenvalue weighted by Crippen LogP contribution is -2.40. The summed E-state index contributed by atoms with van der Waals surface area (Å²) in [7, 11) is 1.68. The van der Waals surface area contributed by atoms with E-state index in [1.54, 1.807) is 31.4 Å². The van der Waals surface area contributed by atoms with Gasteiger partial charge in [-0.2, -0.15) is 0 Å². The fourth-order valence-corrected chi connectivity index (χ4v) is 3.25. The van der Waals surface area contributed by atoms with E-state index < -0.39 is 12.0 Å². The number of benzene rings is 1. The number of hydrogen-bond acceptors (Lipinski definition) is 3. The number of aliphatic hydroxyl groups is 1. The van der Waals surface area contributed by atoms with Crippen LogP contribution in [-0.2, 0) is 9.53 Å². The second kappa shape index (κ2) is 7.25. The second-order valence-electron chi connectivity index (χ2n) is 5.78. The quantitative estimate of drug-likeness (QED) is 0.849. The normalized spacial score (nSPS) is 18.4. The van der Waals surface area contributed by atoms with Gasteiger partial charge < -0.3 is 15.2 Å². The standard InChI is InChI=1S/C16H22ClNO3/c1-21-11-16(8-4-5-9-16)10-18-15(20)14(19)12-6-2-3-7-13(12)17/h2-3,6-7,14,19H,4-5,8-11H2,1H3,(H,18,20)/t14-/m0/s1. The maximum Gasteiger partial charge on any atom is 0.253 e. The van der Waals surface area contributed by atoms with Gasteiger partial charge in [0.25, 0.3) is 5.91 Å². The average Bonchev–Trinajstić information content (AvgIpc) is 2.94. The maximum absolute atomic E-state index is 12.1. The zero-order valence-corrected chi connectivity index (χ0v) is 13.0. The molecule has 1 atom stereocenters. The molecular formula is C16H22ClNO3. The van der Waals surface area contributed by atoms with E-state index in [1.807, 2.05) is 0 Å². The molecule has 1 aliphatic carbocycles. The third-order valence-electron chi connectivity index (χ3n) is 4.20. The second-order valence-corrected chi connectivity index (χ2v) is 6.19. The van der Waals surface area contributed by atoms with Crippen LogP contribution < -0.4 is 5.32 Å². The third kappa shape index (κ3) is 3.96. The first-order valence-corrected chi connectivity index (χ1v) is 7.65. The van der Waals surface area contributed by atoms with Gasteiger partial charge in [-0.25, -0.2) is 0 Å². The molecule has 1 saturated carbocycles. The van der Waals surface area contributed by atoms with Crippen molar-refractivity contribution < 1.29 is 14.6 Å². The van der Waals surface area contributed by atoms with Crippen LogP contribution in [0.15, 0.2) is 24.3 Å². The number of amides is 1. The summed E-state index contributed by atoms with van der Waals surface area (Å²) in [6.45, 7) is 1.16. The number of rotatable bonds is 6. The summed E-state index contributed by atoms with van der Waals surface area (Å²) in [5, 5.41) is 13.4. The predicted molar refractivity (Wildman–Crippen MR) is 82.2 cm³/mol. The third-order valence-corrected chi connectivity index (χ3v) is 4.54. The lowest BCUT2D eigenvalue weighted by molar-refractivity contribution is -0.130. The molecule has 1 fully saturated rings. The highest BCUT2D eigenvalue weighted by Crippen LogP contribution is 2.37. The van der Waals surface area contributed by atoms with Gasteiger partial charge in [-0.15, -0.1) is 0 Å². The molecule has 0 heterocycles. The SMILES string of the molecule is COCC1(CNC(=O)[C@@H](O)c2ccccc2Cl)CCCC1. The molecule has 1 aromatic carbocycles. The van der Waals surface area contributed by atoms with Crippen LogP contribution in [-0.4, -0.2) is 31.3 Å². The summed E-state index contributed by atoms with van der Waals surface area (Å²) in [6.07, 6.45) is 3.17. The lowest BCUT2D eigenvalue weighted by atomic mass is 9.87. The Labute approximate surface area is 130 Å². The van der Waals surface area contributed by atoms with Gasteiger partial charge in [0, 0.05) is 29.7 Å². The van der Waals surface area contributed by atoms with Crippen LogP contribution in [0.2, 0.25) is 5.02 Å². The minimum absolute atomic E-state index is 0.00458. The molecule has 1 aliphatic rings. The molecule has 2 N–H and O–H groups in total. The molecule has 21 heavy (non-hydrogen) atoms. The van der Waals surface area contributed by atoms with Crippen molar-refractivity contribution in [1.29, 1.82) is 0 Å². The van der Waals surface area contributed by atoms with Crippen molar-refractivity contribution in [1.82, 2.24) is 5.32 Å². The number of carbonyl (C=O) groups is 1. The van der Waals surface area contributed by atoms with E-state index in [1.165, 1.54) is 0 Å². The van der Waals surface area contributed by atoms with Crippen LogP contribution >= 0.6 is 11.6 Å². The van der Waals surface area contributed by atoms with Gasteiger partial charge in [0.2, 0.25) is 0 Å². The minimum Gasteiger partial charge on any atom is -0.384 e. The summed E-state index contributed by atoms with van der Waals surface area (Å²) in [6, 6.07) is 6.84. The van der Waals surface area contributed by atoms with Crippen molar-refractivity contribution in [3.8, 4) is 0 Å². The Hall–Kier alpha value is -1.10. The van der Waals surface area contributed by atoms with Gasteiger partial charge in [0.1, 0.15) is 0 Å². The Balaban J connectivity index is 1.96. The largest absolute Gasteiger partial charge is 0.384 e. The molecule has 0 aromatic heterocycles. The molecule has 0 spiro atoms. The van der Waals surface area contributed by atoms with Gasteiger partial charge in [-0.1, -0.05) is 42.6 Å². The zero-order valence-electron chi connectivity index (χ0n) is 12.3. The van der Waals surface area contributed by atoms with Crippen molar-refractivity contribution in [3.05, 3.63) is 34.9 Å². The summed E-state index contributed by atoms with van der Waals surface area (Å²) in [5.74, 6) is -0.412. The predicted octanol–water partition coefficient (Wildman–Crippen LogP) is 2.70. The van der Waals surface area contributed by atoms with Crippen molar-refractivity contribution >= 4 is 17.5 Å². The van der Waals surface area contributed by atoms with E-state index in [-0.39, 0.29) is 5.41 Å². The van der Waals surface area contributed by atoms with E-state index in [4.69, 9.17) is 16.3 Å². The minimum atomic E-state index is -1.24. The Morgan fingerprint density at radius 3 is 2.71 bits per heavy atom. The molecule has 0 bridgehead atoms. The first-order chi connectivity index (χ1) is 10.1. The molecular weight excluding hydrogens is 290 g/mol. The van der Waals surface area contributed by atoms with Crippen molar-refractivity contribution in [2.75, 3.05) is 20.3 Å². The van der Waals surface area contributed by atoms with Crippen molar-refractivity contribution in [2.24, 2.45) is 5.41 Å². The summed E-state index contributed by atoms with van der Waals surface area (Å²) in [5.41, 5.74) is 0.439. The first-order valence-electron chi connectivity index (χ1n) is 7.27. The van der Waals surface area contributed by atoms with Crippen molar-refractivity contribution in [3.63, 3.8) is 0 Å². The molecule has 2 rings (SSSR count). The number of nitrogens with one attached hydrogen (secondary N) is 1. The highest BCUT2D eigenvalue weighted by Gasteiger charge is 2.34. The topological polar surface area (TPSA) is 58.6 Å². The van der Waals surface area contributed by atoms with Crippen LogP contribution in [0.3, 0.4) is 0 Å². The average molecular weight is 312 g/mol. The van der Waals surface area contributed by atoms with E-state index in [9.17, 15) is 9.90 Å². The molecule has 0 saturated heterocycles. The Bertz CT molecular complexity index is 486. The maximum atomic E-state index is 12.1. The Kier molecular flexibility index (Phi) is 5.62. The number of aliphatic hydroxyl groups excluding tert-OH is 1. The van der Waals surface area contributed by atoms with Crippen LogP contribution in [0.25, 0.3) is 0 Å². The smallest absolute Gasteiger partial charge is 0.253 e. The summed E-state index contributed by atoms with van der Waals surface area (Å²) >= 11 is 6.01. The first kappa shape index (κ1) is 16.3. The fourth-order valence-electron chi connectivity index (χ4n) is 3.01. The number of hydrogen-bond donors (Lipinski definition) is 2. The zero-order chi connectivity index (χ0) is 15.3. The molecule has 0 radical (unpaired) electrons. The van der Waals surface area contributed by atoms with Gasteiger partial charge >= 0.3 is 0 Å². The highest BCUT2D eigenvalue weighted by atomic mass is 35.5. The Morgan fingerprint density at radius 1 is 1.43 bits per heavy atom. The van der Waals surface area contributed by atoms with Crippen molar-refractivity contribution in [2.45, 2.75) is 31.8 Å². The van der Waals surface area contributed by atoms with Crippen LogP contribution in [0.4, 0.5) is 0 Å².